The summed E-state index contributed by atoms with van der Waals surface area (Å²) in [7, 11) is 0. The van der Waals surface area contributed by atoms with Crippen LogP contribution in [-0.2, 0) is 24.7 Å². The molecule has 6 aliphatic rings. The van der Waals surface area contributed by atoms with Crippen LogP contribution in [-0.4, -0.2) is 153 Å². The quantitative estimate of drug-likeness (QED) is 0.112. The van der Waals surface area contributed by atoms with Gasteiger partial charge in [0.2, 0.25) is 0 Å². The number of Topliss-reactive ketones (excluding diaryl/α,β-unsaturated/α-hetero) is 1. The molecule has 0 aromatic heterocycles. The zero-order valence-electron chi connectivity index (χ0n) is 44.3. The van der Waals surface area contributed by atoms with Crippen LogP contribution in [0.25, 0.3) is 0 Å². The van der Waals surface area contributed by atoms with Crippen molar-refractivity contribution < 1.29 is 37.9 Å². The number of piperidine rings is 1. The zero-order chi connectivity index (χ0) is 52.8. The molecule has 3 saturated heterocycles. The highest BCUT2D eigenvalue weighted by Crippen LogP contribution is 2.42. The van der Waals surface area contributed by atoms with E-state index in [4.69, 9.17) is 19.1 Å². The Kier molecular flexibility index (Phi) is 17.1. The number of nitrogens with zero attached hydrogens (tertiary/aromatic N) is 8. The first-order valence-corrected chi connectivity index (χ1v) is 27.5. The largest absolute Gasteiger partial charge is 0.489 e. The molecule has 0 bridgehead atoms. The van der Waals surface area contributed by atoms with Crippen LogP contribution < -0.4 is 24.2 Å². The number of halogens is 2. The molecule has 4 aromatic carbocycles. The minimum absolute atomic E-state index is 0.0136. The Morgan fingerprint density at radius 1 is 0.653 bits per heavy atom. The molecule has 6 aliphatic heterocycles. The minimum atomic E-state index is -0.356. The summed E-state index contributed by atoms with van der Waals surface area (Å²) in [5.41, 5.74) is 5.82. The van der Waals surface area contributed by atoms with Gasteiger partial charge in [-0.05, 0) is 113 Å². The van der Waals surface area contributed by atoms with Crippen LogP contribution in [0.5, 0.6) is 11.5 Å². The summed E-state index contributed by atoms with van der Waals surface area (Å²) in [6.07, 6.45) is 2.28. The molecule has 2 amide bonds. The van der Waals surface area contributed by atoms with Gasteiger partial charge < -0.3 is 38.7 Å². The van der Waals surface area contributed by atoms with E-state index in [1.54, 1.807) is 4.90 Å². The van der Waals surface area contributed by atoms with Gasteiger partial charge in [-0.3, -0.25) is 24.2 Å². The normalized spacial score (nSPS) is 21.0. The molecule has 17 heteroatoms. The van der Waals surface area contributed by atoms with Gasteiger partial charge in [-0.15, -0.1) is 0 Å². The number of oxime groups is 2. The first kappa shape index (κ1) is 53.8. The third-order valence-electron chi connectivity index (χ3n) is 14.8. The van der Waals surface area contributed by atoms with Crippen LogP contribution in [0.15, 0.2) is 106 Å². The van der Waals surface area contributed by atoms with Gasteiger partial charge in [-0.25, -0.2) is 4.39 Å². The molecule has 0 radical (unpaired) electrons. The fourth-order valence-electron chi connectivity index (χ4n) is 10.9. The van der Waals surface area contributed by atoms with Crippen molar-refractivity contribution in [2.45, 2.75) is 97.1 Å². The van der Waals surface area contributed by atoms with Gasteiger partial charge in [0.25, 0.3) is 11.8 Å². The molecule has 6 heterocycles. The van der Waals surface area contributed by atoms with E-state index in [2.05, 4.69) is 97.8 Å². The lowest BCUT2D eigenvalue weighted by atomic mass is 9.87. The number of para-hydroxylation sites is 4. The molecular weight excluding hydrogens is 1020 g/mol. The molecule has 75 heavy (non-hydrogen) atoms. The minimum Gasteiger partial charge on any atom is -0.489 e. The number of ketones is 1. The van der Waals surface area contributed by atoms with Crippen molar-refractivity contribution in [2.75, 3.05) is 99.8 Å². The summed E-state index contributed by atoms with van der Waals surface area (Å²) in [6.45, 7) is 23.0. The first-order valence-electron chi connectivity index (χ1n) is 26.7. The average molecular weight is 1090 g/mol. The van der Waals surface area contributed by atoms with E-state index in [0.29, 0.717) is 62.3 Å². The fraction of sp³-hybridized carbons (Fsp3) is 0.500. The van der Waals surface area contributed by atoms with Crippen LogP contribution in [0, 0.1) is 11.7 Å². The van der Waals surface area contributed by atoms with Gasteiger partial charge >= 0.3 is 0 Å². The number of rotatable bonds is 14. The highest BCUT2D eigenvalue weighted by molar-refractivity contribution is 9.10. The van der Waals surface area contributed by atoms with Crippen LogP contribution in [0.4, 0.5) is 21.5 Å². The predicted molar refractivity (Wildman–Crippen MR) is 295 cm³/mol. The lowest BCUT2D eigenvalue weighted by Crippen LogP contribution is -2.49. The van der Waals surface area contributed by atoms with E-state index in [1.165, 1.54) is 29.8 Å². The Labute approximate surface area is 449 Å². The molecule has 15 nitrogen and oxygen atoms in total. The van der Waals surface area contributed by atoms with Crippen LogP contribution in [0.1, 0.15) is 83.1 Å². The molecule has 0 saturated carbocycles. The maximum Gasteiger partial charge on any atom is 0.276 e. The second kappa shape index (κ2) is 23.9. The number of fused-ring (bicyclic) bond motifs is 1. The summed E-state index contributed by atoms with van der Waals surface area (Å²) < 4.78 is 26.2. The van der Waals surface area contributed by atoms with Crippen LogP contribution in [0.2, 0.25) is 0 Å². The lowest BCUT2D eigenvalue weighted by molar-refractivity contribution is -0.125. The highest BCUT2D eigenvalue weighted by atomic mass is 79.9. The fourth-order valence-corrected chi connectivity index (χ4v) is 11.3. The number of ether oxygens (including phenoxy) is 2. The number of carbonyl (C=O) groups is 3. The SMILES string of the molecule is CC(C)Oc1ccccc1N1CCN(C[C@H]2CC(C(=O)N3CC(C)(C)c4cc(Br)ccc43)=NO2)CC1.CC(C)Oc1ccccc1N1CCN(C[C@H]2CC(C(=O)N3CCC(C(=O)c4ccc(F)cc4)CC3)=NO2)CC1. The average Bonchev–Trinajstić information content (AvgIpc) is 4.15. The number of hydrogen-bond donors (Lipinski definition) is 0. The molecule has 10 rings (SSSR count). The monoisotopic (exact) mass is 1090 g/mol. The molecule has 400 valence electrons. The number of likely N-dealkylation sites (tertiary alicyclic amines) is 1. The number of amides is 2. The van der Waals surface area contributed by atoms with Crippen molar-refractivity contribution in [3.05, 3.63) is 112 Å². The van der Waals surface area contributed by atoms with Gasteiger partial charge in [-0.2, -0.15) is 0 Å². The Balaban J connectivity index is 0.000000184. The number of anilines is 3. The van der Waals surface area contributed by atoms with Gasteiger partial charge in [0, 0.05) is 125 Å². The van der Waals surface area contributed by atoms with E-state index in [9.17, 15) is 18.8 Å². The molecule has 0 N–H and O–H groups in total. The maximum atomic E-state index is 13.4. The summed E-state index contributed by atoms with van der Waals surface area (Å²) >= 11 is 3.56. The standard InChI is InChI=1S/C30H37FN4O4.C28H35BrN4O3/c1-21(2)38-28-6-4-3-5-27(28)34-17-15-33(16-18-34)20-25-19-26(32-39-25)30(37)35-13-11-23(12-14-35)29(36)22-7-9-24(31)10-8-22;1-19(2)35-26-8-6-5-7-25(26)32-13-11-31(12-14-32)17-21-16-23(30-36-21)27(34)33-18-28(3,4)22-15-20(29)9-10-24(22)33/h3-10,21,23,25H,11-20H2,1-2H3;5-10,15,19,21H,11-14,16-18H2,1-4H3/t25-;21-/m11/s1. The summed E-state index contributed by atoms with van der Waals surface area (Å²) in [5, 5.41) is 8.37. The molecule has 2 atom stereocenters. The highest BCUT2D eigenvalue weighted by Gasteiger charge is 2.41. The van der Waals surface area contributed by atoms with Gasteiger partial charge in [0.1, 0.15) is 40.9 Å². The summed E-state index contributed by atoms with van der Waals surface area (Å²) in [4.78, 5) is 63.8. The topological polar surface area (TPSA) is 132 Å². The van der Waals surface area contributed by atoms with Gasteiger partial charge in [-0.1, -0.05) is 64.4 Å². The van der Waals surface area contributed by atoms with Crippen molar-refractivity contribution in [1.29, 1.82) is 0 Å². The smallest absolute Gasteiger partial charge is 0.276 e. The number of benzene rings is 4. The van der Waals surface area contributed by atoms with Crippen LogP contribution in [0.3, 0.4) is 0 Å². The van der Waals surface area contributed by atoms with Gasteiger partial charge in [0.15, 0.2) is 5.78 Å². The van der Waals surface area contributed by atoms with E-state index >= 15 is 0 Å². The maximum absolute atomic E-state index is 13.4. The third kappa shape index (κ3) is 13.1. The van der Waals surface area contributed by atoms with E-state index < -0.39 is 0 Å². The predicted octanol–water partition coefficient (Wildman–Crippen LogP) is 8.83. The molecule has 4 aromatic rings. The number of hydrogen-bond acceptors (Lipinski definition) is 13. The molecule has 0 aliphatic carbocycles. The second-order valence-corrected chi connectivity index (χ2v) is 22.6. The number of carbonyl (C=O) groups excluding carboxylic acids is 3. The first-order chi connectivity index (χ1) is 36.1. The van der Waals surface area contributed by atoms with Crippen molar-refractivity contribution >= 4 is 62.0 Å². The van der Waals surface area contributed by atoms with E-state index in [1.807, 2.05) is 61.2 Å². The Morgan fingerprint density at radius 2 is 1.15 bits per heavy atom. The molecule has 3 fully saturated rings. The van der Waals surface area contributed by atoms with Crippen molar-refractivity contribution in [3.63, 3.8) is 0 Å². The molecule has 0 spiro atoms. The Morgan fingerprint density at radius 3 is 1.65 bits per heavy atom. The van der Waals surface area contributed by atoms with E-state index in [0.717, 1.165) is 98.5 Å². The number of piperazine rings is 2. The van der Waals surface area contributed by atoms with Gasteiger partial charge in [0.05, 0.1) is 23.6 Å². The second-order valence-electron chi connectivity index (χ2n) is 21.7. The Hall–Kier alpha value is -6.04. The third-order valence-corrected chi connectivity index (χ3v) is 15.3. The Bertz CT molecular complexity index is 2710. The molecular formula is C58H72BrFN8O7. The molecule has 0 unspecified atom stereocenters. The van der Waals surface area contributed by atoms with Crippen LogP contribution >= 0.6 is 15.9 Å². The lowest BCUT2D eigenvalue weighted by Gasteiger charge is -2.37. The van der Waals surface area contributed by atoms with Crippen molar-refractivity contribution in [3.8, 4) is 11.5 Å². The van der Waals surface area contributed by atoms with Crippen molar-refractivity contribution in [1.82, 2.24) is 14.7 Å². The summed E-state index contributed by atoms with van der Waals surface area (Å²) in [5.74, 6) is 1.22. The van der Waals surface area contributed by atoms with Crippen molar-refractivity contribution in [2.24, 2.45) is 16.2 Å². The summed E-state index contributed by atoms with van der Waals surface area (Å²) in [6, 6.07) is 28.2. The zero-order valence-corrected chi connectivity index (χ0v) is 45.8. The van der Waals surface area contributed by atoms with E-state index in [-0.39, 0.29) is 59.2 Å².